The number of β-amino-alcohol motifs (C(OH)–C–C–N with tert-alkyl or cyclic N) is 1. The number of hydrogen-bond donors (Lipinski definition) is 2. The number of hydrogen-bond acceptors (Lipinski definition) is 9. The number of aliphatic hydroxyl groups is 1. The Labute approximate surface area is 245 Å². The maximum absolute atomic E-state index is 13.8. The molecule has 1 aromatic carbocycles. The Bertz CT molecular complexity index is 1310. The molecule has 2 amide bonds. The zero-order valence-corrected chi connectivity index (χ0v) is 24.9. The fourth-order valence-corrected chi connectivity index (χ4v) is 5.12. The third kappa shape index (κ3) is 7.55. The van der Waals surface area contributed by atoms with Crippen molar-refractivity contribution in [2.75, 3.05) is 40.1 Å². The van der Waals surface area contributed by atoms with Gasteiger partial charge in [0, 0.05) is 44.2 Å². The SMILES string of the molecule is COCCOCCOc1cc([C@H](C(=O)N2C[C@H](O)C[C@H]2C(=O)N[C@@H](C)c2ccc(-n3ccnc3C)cc2)C(C)C)on1. The monoisotopic (exact) mass is 583 g/mol. The first-order chi connectivity index (χ1) is 20.2. The molecule has 1 aliphatic heterocycles. The number of aliphatic hydroxyl groups excluding tert-OH is 1. The van der Waals surface area contributed by atoms with Crippen LogP contribution < -0.4 is 10.1 Å². The zero-order valence-electron chi connectivity index (χ0n) is 24.9. The Balaban J connectivity index is 1.39. The largest absolute Gasteiger partial charge is 0.473 e. The van der Waals surface area contributed by atoms with Crippen LogP contribution in [-0.2, 0) is 19.1 Å². The molecule has 2 N–H and O–H groups in total. The molecule has 3 heterocycles. The lowest BCUT2D eigenvalue weighted by Gasteiger charge is -2.29. The van der Waals surface area contributed by atoms with Crippen LogP contribution in [-0.4, -0.2) is 88.8 Å². The van der Waals surface area contributed by atoms with Gasteiger partial charge in [0.25, 0.3) is 5.88 Å². The molecule has 0 aliphatic carbocycles. The number of methoxy groups -OCH3 is 1. The molecule has 0 radical (unpaired) electrons. The molecule has 0 saturated carbocycles. The summed E-state index contributed by atoms with van der Waals surface area (Å²) < 4.78 is 23.4. The summed E-state index contributed by atoms with van der Waals surface area (Å²) in [5.41, 5.74) is 1.89. The van der Waals surface area contributed by atoms with E-state index in [-0.39, 0.29) is 49.2 Å². The quantitative estimate of drug-likeness (QED) is 0.274. The molecule has 0 unspecified atom stereocenters. The maximum Gasteiger partial charge on any atom is 0.254 e. The van der Waals surface area contributed by atoms with Crippen molar-refractivity contribution in [2.45, 2.75) is 58.2 Å². The molecule has 12 nitrogen and oxygen atoms in total. The average Bonchev–Trinajstić information content (AvgIpc) is 3.70. The van der Waals surface area contributed by atoms with Gasteiger partial charge >= 0.3 is 0 Å². The Morgan fingerprint density at radius 1 is 1.14 bits per heavy atom. The molecule has 42 heavy (non-hydrogen) atoms. The standard InChI is InChI=1S/C30H41N5O7/c1-19(2)28(26-17-27(33-42-26)41-15-14-40-13-12-39-5)30(38)35-18-24(36)16-25(35)29(37)32-20(3)22-6-8-23(9-7-22)34-11-10-31-21(34)4/h6-11,17,19-20,24-25,28,36H,12-16,18H2,1-5H3,(H,32,37)/t20-,24+,25-,28+/m0/s1. The van der Waals surface area contributed by atoms with Gasteiger partial charge < -0.3 is 38.6 Å². The van der Waals surface area contributed by atoms with Gasteiger partial charge in [-0.1, -0.05) is 26.0 Å². The molecular weight excluding hydrogens is 542 g/mol. The van der Waals surface area contributed by atoms with Crippen LogP contribution in [0.2, 0.25) is 0 Å². The van der Waals surface area contributed by atoms with Crippen molar-refractivity contribution in [3.63, 3.8) is 0 Å². The van der Waals surface area contributed by atoms with Crippen LogP contribution in [0.4, 0.5) is 0 Å². The van der Waals surface area contributed by atoms with Gasteiger partial charge in [-0.3, -0.25) is 9.59 Å². The summed E-state index contributed by atoms with van der Waals surface area (Å²) in [6.07, 6.45) is 2.99. The van der Waals surface area contributed by atoms with Crippen molar-refractivity contribution < 1.29 is 33.4 Å². The fourth-order valence-electron chi connectivity index (χ4n) is 5.12. The molecule has 4 rings (SSSR count). The van der Waals surface area contributed by atoms with Gasteiger partial charge in [0.05, 0.1) is 32.0 Å². The predicted molar refractivity (Wildman–Crippen MR) is 153 cm³/mol. The number of likely N-dealkylation sites (tertiary alicyclic amines) is 1. The van der Waals surface area contributed by atoms with E-state index in [2.05, 4.69) is 15.5 Å². The maximum atomic E-state index is 13.8. The summed E-state index contributed by atoms with van der Waals surface area (Å²) in [5, 5.41) is 17.4. The Hall–Kier alpha value is -3.74. The lowest BCUT2D eigenvalue weighted by Crippen LogP contribution is -2.48. The van der Waals surface area contributed by atoms with Crippen LogP contribution in [0.3, 0.4) is 0 Å². The third-order valence-corrected chi connectivity index (χ3v) is 7.38. The number of carbonyl (C=O) groups is 2. The normalized spacial score (nSPS) is 18.3. The van der Waals surface area contributed by atoms with Crippen LogP contribution in [0.1, 0.15) is 56.3 Å². The summed E-state index contributed by atoms with van der Waals surface area (Å²) in [7, 11) is 1.60. The molecular formula is C30H41N5O7. The van der Waals surface area contributed by atoms with E-state index >= 15 is 0 Å². The topological polar surface area (TPSA) is 141 Å². The second-order valence-corrected chi connectivity index (χ2v) is 10.8. The summed E-state index contributed by atoms with van der Waals surface area (Å²) in [4.78, 5) is 33.0. The van der Waals surface area contributed by atoms with E-state index in [4.69, 9.17) is 18.7 Å². The highest BCUT2D eigenvalue weighted by molar-refractivity contribution is 5.91. The van der Waals surface area contributed by atoms with Crippen LogP contribution in [0.5, 0.6) is 5.88 Å². The first-order valence-electron chi connectivity index (χ1n) is 14.2. The Kier molecular flexibility index (Phi) is 10.7. The number of nitrogens with zero attached hydrogens (tertiary/aromatic N) is 4. The lowest BCUT2D eigenvalue weighted by atomic mass is 9.91. The number of carbonyl (C=O) groups excluding carboxylic acids is 2. The van der Waals surface area contributed by atoms with Gasteiger partial charge in [-0.2, -0.15) is 0 Å². The molecule has 4 atom stereocenters. The summed E-state index contributed by atoms with van der Waals surface area (Å²) in [6, 6.07) is 8.33. The number of rotatable bonds is 14. The van der Waals surface area contributed by atoms with Crippen LogP contribution >= 0.6 is 0 Å². The van der Waals surface area contributed by atoms with Gasteiger partial charge in [0.2, 0.25) is 11.8 Å². The molecule has 1 fully saturated rings. The minimum absolute atomic E-state index is 0.0593. The number of ether oxygens (including phenoxy) is 3. The minimum Gasteiger partial charge on any atom is -0.473 e. The number of amides is 2. The Morgan fingerprint density at radius 2 is 1.88 bits per heavy atom. The van der Waals surface area contributed by atoms with Gasteiger partial charge in [0.15, 0.2) is 5.76 Å². The summed E-state index contributed by atoms with van der Waals surface area (Å²) in [6.45, 7) is 9.25. The van der Waals surface area contributed by atoms with E-state index in [1.54, 1.807) is 19.4 Å². The molecule has 1 aliphatic rings. The van der Waals surface area contributed by atoms with Crippen molar-refractivity contribution in [3.8, 4) is 11.6 Å². The number of nitrogens with one attached hydrogen (secondary N) is 1. The second-order valence-electron chi connectivity index (χ2n) is 10.8. The van der Waals surface area contributed by atoms with E-state index < -0.39 is 18.1 Å². The molecule has 3 aromatic rings. The highest BCUT2D eigenvalue weighted by Gasteiger charge is 2.43. The van der Waals surface area contributed by atoms with E-state index in [0.29, 0.717) is 25.6 Å². The van der Waals surface area contributed by atoms with E-state index in [1.165, 1.54) is 4.90 Å². The Morgan fingerprint density at radius 3 is 2.55 bits per heavy atom. The lowest BCUT2D eigenvalue weighted by molar-refractivity contribution is -0.141. The first-order valence-corrected chi connectivity index (χ1v) is 14.2. The fraction of sp³-hybridized carbons (Fsp3) is 0.533. The minimum atomic E-state index is -0.813. The van der Waals surface area contributed by atoms with E-state index in [1.807, 2.05) is 62.7 Å². The van der Waals surface area contributed by atoms with Gasteiger partial charge in [0.1, 0.15) is 24.4 Å². The molecule has 0 spiro atoms. The van der Waals surface area contributed by atoms with E-state index in [9.17, 15) is 14.7 Å². The smallest absolute Gasteiger partial charge is 0.254 e. The highest BCUT2D eigenvalue weighted by Crippen LogP contribution is 2.32. The van der Waals surface area contributed by atoms with Crippen LogP contribution in [0.15, 0.2) is 47.2 Å². The van der Waals surface area contributed by atoms with Crippen molar-refractivity contribution in [3.05, 3.63) is 59.9 Å². The van der Waals surface area contributed by atoms with Crippen molar-refractivity contribution in [1.29, 1.82) is 0 Å². The highest BCUT2D eigenvalue weighted by atomic mass is 16.6. The van der Waals surface area contributed by atoms with Crippen molar-refractivity contribution >= 4 is 11.8 Å². The van der Waals surface area contributed by atoms with Gasteiger partial charge in [-0.15, -0.1) is 0 Å². The van der Waals surface area contributed by atoms with Crippen LogP contribution in [0.25, 0.3) is 5.69 Å². The molecule has 1 saturated heterocycles. The molecule has 2 aromatic heterocycles. The van der Waals surface area contributed by atoms with Crippen molar-refractivity contribution in [2.24, 2.45) is 5.92 Å². The predicted octanol–water partition coefficient (Wildman–Crippen LogP) is 2.79. The summed E-state index contributed by atoms with van der Waals surface area (Å²) in [5.74, 6) is -0.0195. The average molecular weight is 584 g/mol. The molecule has 0 bridgehead atoms. The number of aromatic nitrogens is 3. The van der Waals surface area contributed by atoms with Gasteiger partial charge in [-0.25, -0.2) is 4.98 Å². The zero-order chi connectivity index (χ0) is 30.2. The van der Waals surface area contributed by atoms with E-state index in [0.717, 1.165) is 17.1 Å². The number of aryl methyl sites for hydroxylation is 1. The number of benzene rings is 1. The summed E-state index contributed by atoms with van der Waals surface area (Å²) >= 11 is 0. The first kappa shape index (κ1) is 31.2. The molecule has 12 heteroatoms. The second kappa shape index (κ2) is 14.4. The van der Waals surface area contributed by atoms with Gasteiger partial charge in [-0.05, 0) is 42.6 Å². The number of imidazole rings is 1. The van der Waals surface area contributed by atoms with Crippen LogP contribution in [0, 0.1) is 12.8 Å². The van der Waals surface area contributed by atoms with Crippen molar-refractivity contribution in [1.82, 2.24) is 24.9 Å². The molecule has 228 valence electrons. The third-order valence-electron chi connectivity index (χ3n) is 7.38.